The average molecular weight is 233 g/mol. The lowest BCUT2D eigenvalue weighted by Gasteiger charge is -2.24. The van der Waals surface area contributed by atoms with Crippen molar-refractivity contribution in [2.24, 2.45) is 11.7 Å². The maximum absolute atomic E-state index is 5.72. The van der Waals surface area contributed by atoms with Crippen molar-refractivity contribution >= 4 is 0 Å². The number of ether oxygens (including phenoxy) is 1. The molecule has 0 aromatic heterocycles. The van der Waals surface area contributed by atoms with Crippen LogP contribution >= 0.6 is 0 Å². The zero-order chi connectivity index (χ0) is 12.3. The second-order valence-corrected chi connectivity index (χ2v) is 5.25. The van der Waals surface area contributed by atoms with E-state index in [0.717, 1.165) is 38.2 Å². The maximum Gasteiger partial charge on any atom is 0.122 e. The Morgan fingerprint density at radius 1 is 1.35 bits per heavy atom. The zero-order valence-corrected chi connectivity index (χ0v) is 10.9. The van der Waals surface area contributed by atoms with Gasteiger partial charge < -0.3 is 10.5 Å². The number of rotatable bonds is 4. The van der Waals surface area contributed by atoms with Gasteiger partial charge in [0.05, 0.1) is 6.61 Å². The van der Waals surface area contributed by atoms with E-state index in [4.69, 9.17) is 10.5 Å². The van der Waals surface area contributed by atoms with Gasteiger partial charge in [0.2, 0.25) is 0 Å². The molecule has 0 spiro atoms. The Kier molecular flexibility index (Phi) is 4.06. The second-order valence-electron chi connectivity index (χ2n) is 5.25. The molecule has 0 aliphatic carbocycles. The van der Waals surface area contributed by atoms with Crippen LogP contribution in [0.2, 0.25) is 0 Å². The fourth-order valence-electron chi connectivity index (χ4n) is 2.68. The van der Waals surface area contributed by atoms with E-state index in [-0.39, 0.29) is 0 Å². The lowest BCUT2D eigenvalue weighted by atomic mass is 9.84. The van der Waals surface area contributed by atoms with Crippen molar-refractivity contribution in [2.75, 3.05) is 13.2 Å². The van der Waals surface area contributed by atoms with E-state index in [2.05, 4.69) is 32.0 Å². The lowest BCUT2D eigenvalue weighted by molar-refractivity contribution is 0.288. The van der Waals surface area contributed by atoms with Gasteiger partial charge in [0, 0.05) is 0 Å². The van der Waals surface area contributed by atoms with E-state index in [1.807, 2.05) is 0 Å². The van der Waals surface area contributed by atoms with Gasteiger partial charge in [-0.3, -0.25) is 0 Å². The fraction of sp³-hybridized carbons (Fsp3) is 0.600. The van der Waals surface area contributed by atoms with Crippen LogP contribution in [0.15, 0.2) is 18.2 Å². The maximum atomic E-state index is 5.72. The Labute approximate surface area is 104 Å². The van der Waals surface area contributed by atoms with E-state index in [0.29, 0.717) is 11.8 Å². The van der Waals surface area contributed by atoms with Gasteiger partial charge in [-0.2, -0.15) is 0 Å². The van der Waals surface area contributed by atoms with Gasteiger partial charge in [-0.1, -0.05) is 26.0 Å². The molecule has 17 heavy (non-hydrogen) atoms. The van der Waals surface area contributed by atoms with Crippen molar-refractivity contribution in [3.63, 3.8) is 0 Å². The van der Waals surface area contributed by atoms with E-state index in [1.165, 1.54) is 11.1 Å². The lowest BCUT2D eigenvalue weighted by Crippen LogP contribution is -2.14. The Morgan fingerprint density at radius 3 is 2.88 bits per heavy atom. The van der Waals surface area contributed by atoms with Gasteiger partial charge in [-0.05, 0) is 54.8 Å². The summed E-state index contributed by atoms with van der Waals surface area (Å²) in [6.45, 7) is 6.17. The van der Waals surface area contributed by atoms with Crippen LogP contribution in [0, 0.1) is 5.92 Å². The molecule has 2 N–H and O–H groups in total. The van der Waals surface area contributed by atoms with E-state index < -0.39 is 0 Å². The molecule has 2 heteroatoms. The third kappa shape index (κ3) is 2.81. The first-order valence-corrected chi connectivity index (χ1v) is 6.68. The number of benzene rings is 1. The molecule has 1 unspecified atom stereocenters. The van der Waals surface area contributed by atoms with Crippen LogP contribution in [0.3, 0.4) is 0 Å². The Hall–Kier alpha value is -1.02. The van der Waals surface area contributed by atoms with Gasteiger partial charge in [0.1, 0.15) is 5.75 Å². The van der Waals surface area contributed by atoms with E-state index >= 15 is 0 Å². The predicted octanol–water partition coefficient (Wildman–Crippen LogP) is 3.10. The largest absolute Gasteiger partial charge is 0.493 e. The molecule has 0 saturated carbocycles. The summed E-state index contributed by atoms with van der Waals surface area (Å²) < 4.78 is 5.65. The highest BCUT2D eigenvalue weighted by molar-refractivity contribution is 5.39. The Bertz CT molecular complexity index is 373. The fourth-order valence-corrected chi connectivity index (χ4v) is 2.68. The van der Waals surface area contributed by atoms with Crippen molar-refractivity contribution in [3.05, 3.63) is 29.3 Å². The first-order chi connectivity index (χ1) is 8.22. The number of aryl methyl sites for hydroxylation is 1. The van der Waals surface area contributed by atoms with Gasteiger partial charge in [0.25, 0.3) is 0 Å². The Balaban J connectivity index is 2.25. The standard InChI is InChI=1S/C15H23NO/c1-11(2)14(7-8-16)12-5-6-15-13(10-12)4-3-9-17-15/h5-6,10-11,14H,3-4,7-9,16H2,1-2H3. The van der Waals surface area contributed by atoms with Crippen molar-refractivity contribution in [1.82, 2.24) is 0 Å². The molecular weight excluding hydrogens is 210 g/mol. The number of hydrogen-bond donors (Lipinski definition) is 1. The highest BCUT2D eigenvalue weighted by Gasteiger charge is 2.18. The summed E-state index contributed by atoms with van der Waals surface area (Å²) >= 11 is 0. The van der Waals surface area contributed by atoms with Crippen molar-refractivity contribution in [3.8, 4) is 5.75 Å². The van der Waals surface area contributed by atoms with Crippen LogP contribution in [-0.2, 0) is 6.42 Å². The summed E-state index contributed by atoms with van der Waals surface area (Å²) in [7, 11) is 0. The first kappa shape index (κ1) is 12.4. The summed E-state index contributed by atoms with van der Waals surface area (Å²) in [6.07, 6.45) is 3.35. The molecule has 94 valence electrons. The van der Waals surface area contributed by atoms with Gasteiger partial charge >= 0.3 is 0 Å². The van der Waals surface area contributed by atoms with Gasteiger partial charge in [-0.15, -0.1) is 0 Å². The minimum absolute atomic E-state index is 0.576. The quantitative estimate of drug-likeness (QED) is 0.867. The molecule has 1 aliphatic rings. The minimum Gasteiger partial charge on any atom is -0.493 e. The third-order valence-electron chi connectivity index (χ3n) is 3.64. The Morgan fingerprint density at radius 2 is 2.18 bits per heavy atom. The molecule has 0 fully saturated rings. The van der Waals surface area contributed by atoms with E-state index in [9.17, 15) is 0 Å². The number of fused-ring (bicyclic) bond motifs is 1. The highest BCUT2D eigenvalue weighted by Crippen LogP contribution is 2.32. The van der Waals surface area contributed by atoms with Crippen molar-refractivity contribution < 1.29 is 4.74 Å². The van der Waals surface area contributed by atoms with Crippen LogP contribution in [0.5, 0.6) is 5.75 Å². The van der Waals surface area contributed by atoms with Crippen LogP contribution in [0.25, 0.3) is 0 Å². The highest BCUT2D eigenvalue weighted by atomic mass is 16.5. The third-order valence-corrected chi connectivity index (χ3v) is 3.64. The summed E-state index contributed by atoms with van der Waals surface area (Å²) in [5, 5.41) is 0. The summed E-state index contributed by atoms with van der Waals surface area (Å²) in [5.74, 6) is 2.29. The molecule has 0 amide bonds. The second kappa shape index (κ2) is 5.54. The zero-order valence-electron chi connectivity index (χ0n) is 10.9. The topological polar surface area (TPSA) is 35.2 Å². The molecule has 1 heterocycles. The normalized spacial score (nSPS) is 16.5. The molecule has 0 bridgehead atoms. The molecule has 0 radical (unpaired) electrons. The molecule has 2 nitrogen and oxygen atoms in total. The monoisotopic (exact) mass is 233 g/mol. The van der Waals surface area contributed by atoms with Gasteiger partial charge in [0.15, 0.2) is 0 Å². The molecular formula is C15H23NO. The van der Waals surface area contributed by atoms with Crippen LogP contribution in [0.1, 0.15) is 43.7 Å². The van der Waals surface area contributed by atoms with E-state index in [1.54, 1.807) is 0 Å². The van der Waals surface area contributed by atoms with Crippen LogP contribution in [0.4, 0.5) is 0 Å². The number of hydrogen-bond acceptors (Lipinski definition) is 2. The number of nitrogens with two attached hydrogens (primary N) is 1. The van der Waals surface area contributed by atoms with Crippen LogP contribution < -0.4 is 10.5 Å². The molecule has 1 aromatic rings. The minimum atomic E-state index is 0.576. The molecule has 2 rings (SSSR count). The predicted molar refractivity (Wildman–Crippen MR) is 71.5 cm³/mol. The first-order valence-electron chi connectivity index (χ1n) is 6.68. The molecule has 1 aromatic carbocycles. The summed E-state index contributed by atoms with van der Waals surface area (Å²) in [5.41, 5.74) is 8.51. The van der Waals surface area contributed by atoms with Crippen LogP contribution in [-0.4, -0.2) is 13.2 Å². The van der Waals surface area contributed by atoms with Crippen molar-refractivity contribution in [1.29, 1.82) is 0 Å². The SMILES string of the molecule is CC(C)C(CCN)c1ccc2c(c1)CCCO2. The molecule has 1 aliphatic heterocycles. The average Bonchev–Trinajstić information content (AvgIpc) is 2.35. The molecule has 0 saturated heterocycles. The van der Waals surface area contributed by atoms with Gasteiger partial charge in [-0.25, -0.2) is 0 Å². The summed E-state index contributed by atoms with van der Waals surface area (Å²) in [4.78, 5) is 0. The van der Waals surface area contributed by atoms with Crippen molar-refractivity contribution in [2.45, 2.75) is 39.0 Å². The summed E-state index contributed by atoms with van der Waals surface area (Å²) in [6, 6.07) is 6.68. The smallest absolute Gasteiger partial charge is 0.122 e. The molecule has 1 atom stereocenters.